The molecule has 0 aliphatic rings. The summed E-state index contributed by atoms with van der Waals surface area (Å²) in [4.78, 5) is 16.8. The smallest absolute Gasteiger partial charge is 0.224 e. The normalized spacial score (nSPS) is 10.6. The van der Waals surface area contributed by atoms with E-state index in [1.807, 2.05) is 42.5 Å². The first kappa shape index (κ1) is 20.5. The maximum absolute atomic E-state index is 12.1. The monoisotopic (exact) mass is 389 g/mol. The molecule has 5 heteroatoms. The number of fused-ring (bicyclic) bond motifs is 1. The summed E-state index contributed by atoms with van der Waals surface area (Å²) >= 11 is 0. The van der Waals surface area contributed by atoms with Crippen LogP contribution < -0.4 is 10.1 Å². The maximum atomic E-state index is 12.1. The number of aryl methyl sites for hydroxylation is 1. The van der Waals surface area contributed by atoms with Gasteiger partial charge in [-0.3, -0.25) is 4.79 Å². The number of benzene rings is 2. The van der Waals surface area contributed by atoms with Gasteiger partial charge in [0.05, 0.1) is 31.1 Å². The molecule has 2 aromatic carbocycles. The second kappa shape index (κ2) is 10.3. The first-order valence-corrected chi connectivity index (χ1v) is 9.98. The van der Waals surface area contributed by atoms with Gasteiger partial charge in [0, 0.05) is 13.0 Å². The summed E-state index contributed by atoms with van der Waals surface area (Å²) in [5.74, 6) is 4.60. The van der Waals surface area contributed by atoms with Crippen LogP contribution in [-0.2, 0) is 24.2 Å². The van der Waals surface area contributed by atoms with Gasteiger partial charge in [0.15, 0.2) is 0 Å². The first-order chi connectivity index (χ1) is 14.2. The van der Waals surface area contributed by atoms with Gasteiger partial charge in [-0.15, -0.1) is 6.42 Å². The number of imidazole rings is 1. The largest absolute Gasteiger partial charge is 0.497 e. The lowest BCUT2D eigenvalue weighted by Crippen LogP contribution is -2.26. The van der Waals surface area contributed by atoms with E-state index in [-0.39, 0.29) is 5.91 Å². The van der Waals surface area contributed by atoms with Crippen molar-refractivity contribution in [3.05, 3.63) is 59.9 Å². The zero-order valence-corrected chi connectivity index (χ0v) is 16.9. The Hall–Kier alpha value is -3.26. The van der Waals surface area contributed by atoms with Gasteiger partial charge >= 0.3 is 0 Å². The fraction of sp³-hybridized carbons (Fsp3) is 0.333. The van der Waals surface area contributed by atoms with Crippen molar-refractivity contribution in [1.82, 2.24) is 14.9 Å². The Morgan fingerprint density at radius 1 is 1.14 bits per heavy atom. The fourth-order valence-corrected chi connectivity index (χ4v) is 3.39. The molecule has 150 valence electrons. The van der Waals surface area contributed by atoms with Gasteiger partial charge in [-0.1, -0.05) is 36.6 Å². The number of carbonyl (C=O) groups is 1. The number of nitrogens with one attached hydrogen (secondary N) is 1. The van der Waals surface area contributed by atoms with Crippen molar-refractivity contribution in [2.45, 2.75) is 38.6 Å². The lowest BCUT2D eigenvalue weighted by molar-refractivity contribution is -0.120. The van der Waals surface area contributed by atoms with Gasteiger partial charge in [-0.2, -0.15) is 0 Å². The summed E-state index contributed by atoms with van der Waals surface area (Å²) < 4.78 is 7.25. The Morgan fingerprint density at radius 3 is 2.69 bits per heavy atom. The molecule has 0 fully saturated rings. The number of hydrogen-bond acceptors (Lipinski definition) is 3. The Labute approximate surface area is 172 Å². The third kappa shape index (κ3) is 5.61. The molecule has 29 heavy (non-hydrogen) atoms. The maximum Gasteiger partial charge on any atom is 0.224 e. The number of hydrogen-bond donors (Lipinski definition) is 1. The van der Waals surface area contributed by atoms with Crippen LogP contribution in [0.1, 0.15) is 30.7 Å². The third-order valence-electron chi connectivity index (χ3n) is 4.91. The molecule has 0 aliphatic heterocycles. The first-order valence-electron chi connectivity index (χ1n) is 9.98. The molecule has 0 unspecified atom stereocenters. The second-order valence-corrected chi connectivity index (χ2v) is 6.99. The third-order valence-corrected chi connectivity index (χ3v) is 4.91. The predicted molar refractivity (Wildman–Crippen MR) is 116 cm³/mol. The van der Waals surface area contributed by atoms with Crippen LogP contribution in [0, 0.1) is 12.3 Å². The van der Waals surface area contributed by atoms with Crippen molar-refractivity contribution < 1.29 is 9.53 Å². The highest BCUT2D eigenvalue weighted by molar-refractivity contribution is 5.78. The molecule has 0 spiro atoms. The van der Waals surface area contributed by atoms with E-state index in [1.165, 1.54) is 0 Å². The number of rotatable bonds is 10. The highest BCUT2D eigenvalue weighted by Gasteiger charge is 2.09. The molecule has 0 radical (unpaired) electrons. The van der Waals surface area contributed by atoms with E-state index in [0.717, 1.165) is 53.9 Å². The second-order valence-electron chi connectivity index (χ2n) is 6.99. The van der Waals surface area contributed by atoms with Crippen LogP contribution in [0.15, 0.2) is 48.5 Å². The number of terminal acetylenes is 1. The number of carbonyl (C=O) groups excluding carboxylic acids is 1. The van der Waals surface area contributed by atoms with Gasteiger partial charge in [-0.25, -0.2) is 4.98 Å². The van der Waals surface area contributed by atoms with Gasteiger partial charge in [-0.05, 0) is 42.7 Å². The number of para-hydroxylation sites is 2. The molecule has 3 rings (SSSR count). The molecular formula is C24H27N3O2. The van der Waals surface area contributed by atoms with Crippen molar-refractivity contribution in [1.29, 1.82) is 0 Å². The summed E-state index contributed by atoms with van der Waals surface area (Å²) in [5, 5.41) is 2.99. The van der Waals surface area contributed by atoms with E-state index >= 15 is 0 Å². The van der Waals surface area contributed by atoms with Gasteiger partial charge in [0.1, 0.15) is 11.6 Å². The van der Waals surface area contributed by atoms with Crippen LogP contribution in [0.25, 0.3) is 11.0 Å². The molecule has 1 N–H and O–H groups in total. The van der Waals surface area contributed by atoms with Crippen LogP contribution in [0.3, 0.4) is 0 Å². The molecule has 0 bridgehead atoms. The molecular weight excluding hydrogens is 362 g/mol. The molecule has 5 nitrogen and oxygen atoms in total. The summed E-state index contributed by atoms with van der Waals surface area (Å²) in [5.41, 5.74) is 3.06. The predicted octanol–water partition coefficient (Wildman–Crippen LogP) is 3.75. The SMILES string of the molecule is C#CCn1c(CCCCCNC(=O)Cc2ccc(OC)cc2)nc2ccccc21. The minimum absolute atomic E-state index is 0.0472. The number of methoxy groups -OCH3 is 1. The molecule has 0 atom stereocenters. The topological polar surface area (TPSA) is 56.2 Å². The van der Waals surface area contributed by atoms with E-state index in [2.05, 4.69) is 21.9 Å². The van der Waals surface area contributed by atoms with Crippen molar-refractivity contribution >= 4 is 16.9 Å². The Bertz CT molecular complexity index is 984. The van der Waals surface area contributed by atoms with E-state index < -0.39 is 0 Å². The molecule has 0 saturated heterocycles. The van der Waals surface area contributed by atoms with E-state index in [4.69, 9.17) is 16.1 Å². The minimum Gasteiger partial charge on any atom is -0.497 e. The molecule has 1 heterocycles. The van der Waals surface area contributed by atoms with Crippen molar-refractivity contribution in [2.24, 2.45) is 0 Å². The zero-order chi connectivity index (χ0) is 20.5. The van der Waals surface area contributed by atoms with E-state index in [0.29, 0.717) is 19.5 Å². The van der Waals surface area contributed by atoms with Gasteiger partial charge < -0.3 is 14.6 Å². The van der Waals surface area contributed by atoms with Crippen LogP contribution in [0.4, 0.5) is 0 Å². The molecule has 0 saturated carbocycles. The average molecular weight is 389 g/mol. The van der Waals surface area contributed by atoms with E-state index in [9.17, 15) is 4.79 Å². The van der Waals surface area contributed by atoms with Crippen molar-refractivity contribution in [3.63, 3.8) is 0 Å². The molecule has 3 aromatic rings. The molecule has 0 aliphatic carbocycles. The standard InChI is InChI=1S/C24H27N3O2/c1-3-17-27-22-10-7-6-9-21(22)26-23(27)11-5-4-8-16-25-24(28)18-19-12-14-20(29-2)15-13-19/h1,6-7,9-10,12-15H,4-5,8,11,16-18H2,2H3,(H,25,28). The number of nitrogens with zero attached hydrogens (tertiary/aromatic N) is 2. The average Bonchev–Trinajstić information content (AvgIpc) is 3.09. The van der Waals surface area contributed by atoms with Crippen molar-refractivity contribution in [2.75, 3.05) is 13.7 Å². The Balaban J connectivity index is 1.39. The van der Waals surface area contributed by atoms with Gasteiger partial charge in [0.25, 0.3) is 0 Å². The Kier molecular flexibility index (Phi) is 7.29. The van der Waals surface area contributed by atoms with Crippen LogP contribution in [0.5, 0.6) is 5.75 Å². The number of ether oxygens (including phenoxy) is 1. The summed E-state index contributed by atoms with van der Waals surface area (Å²) in [6.07, 6.45) is 9.80. The van der Waals surface area contributed by atoms with Crippen LogP contribution >= 0.6 is 0 Å². The fourth-order valence-electron chi connectivity index (χ4n) is 3.39. The zero-order valence-electron chi connectivity index (χ0n) is 16.9. The molecule has 1 amide bonds. The van der Waals surface area contributed by atoms with Gasteiger partial charge in [0.2, 0.25) is 5.91 Å². The Morgan fingerprint density at radius 2 is 1.93 bits per heavy atom. The highest BCUT2D eigenvalue weighted by Crippen LogP contribution is 2.17. The minimum atomic E-state index is 0.0472. The quantitative estimate of drug-likeness (QED) is 0.424. The van der Waals surface area contributed by atoms with E-state index in [1.54, 1.807) is 7.11 Å². The van der Waals surface area contributed by atoms with Crippen molar-refractivity contribution in [3.8, 4) is 18.1 Å². The number of amides is 1. The number of unbranched alkanes of at least 4 members (excludes halogenated alkanes) is 2. The molecule has 1 aromatic heterocycles. The number of aromatic nitrogens is 2. The lowest BCUT2D eigenvalue weighted by atomic mass is 10.1. The van der Waals surface area contributed by atoms with Crippen LogP contribution in [0.2, 0.25) is 0 Å². The highest BCUT2D eigenvalue weighted by atomic mass is 16.5. The van der Waals surface area contributed by atoms with Crippen LogP contribution in [-0.4, -0.2) is 29.1 Å². The summed E-state index contributed by atoms with van der Waals surface area (Å²) in [7, 11) is 1.63. The lowest BCUT2D eigenvalue weighted by Gasteiger charge is -2.07. The summed E-state index contributed by atoms with van der Waals surface area (Å²) in [6, 6.07) is 15.7. The summed E-state index contributed by atoms with van der Waals surface area (Å²) in [6.45, 7) is 1.23.